The fourth-order valence-corrected chi connectivity index (χ4v) is 4.28. The Balaban J connectivity index is 1.48. The number of rotatable bonds is 8. The predicted molar refractivity (Wildman–Crippen MR) is 130 cm³/mol. The van der Waals surface area contributed by atoms with Crippen molar-refractivity contribution in [1.82, 2.24) is 9.97 Å². The van der Waals surface area contributed by atoms with E-state index in [0.717, 1.165) is 5.56 Å². The molecule has 4 aromatic rings. The number of methoxy groups -OCH3 is 1. The van der Waals surface area contributed by atoms with Gasteiger partial charge in [0.15, 0.2) is 23.2 Å². The average Bonchev–Trinajstić information content (AvgIpc) is 3.54. The molecule has 0 bridgehead atoms. The maximum absolute atomic E-state index is 13.2. The number of carbonyl (C=O) groups excluding carboxylic acids is 1. The van der Waals surface area contributed by atoms with Crippen LogP contribution in [0.1, 0.15) is 10.6 Å². The van der Waals surface area contributed by atoms with Crippen LogP contribution in [0.3, 0.4) is 0 Å². The third-order valence-corrected chi connectivity index (χ3v) is 6.10. The second kappa shape index (κ2) is 10.7. The number of ether oxygens (including phenoxy) is 2. The van der Waals surface area contributed by atoms with Gasteiger partial charge in [-0.05, 0) is 48.0 Å². The lowest BCUT2D eigenvalue weighted by Gasteiger charge is -2.11. The maximum Gasteiger partial charge on any atom is 0.264 e. The van der Waals surface area contributed by atoms with Crippen LogP contribution in [0.15, 0.2) is 59.4 Å². The third kappa shape index (κ3) is 5.64. The summed E-state index contributed by atoms with van der Waals surface area (Å²) in [6, 6.07) is 13.3. The van der Waals surface area contributed by atoms with E-state index in [-0.39, 0.29) is 18.3 Å². The standard InChI is InChI=1S/C24H17FN4O3S2/c1-31-21-11-15(2-7-20(21)32-13-22(30)29-24-27-8-9-33-24)10-17(12-26)23-28-19(14-34-23)16-3-5-18(25)6-4-16/h2-11,14H,13H2,1H3,(H,27,29,30)/b17-10+. The van der Waals surface area contributed by atoms with E-state index >= 15 is 0 Å². The van der Waals surface area contributed by atoms with Gasteiger partial charge in [-0.1, -0.05) is 6.07 Å². The molecule has 0 atom stereocenters. The van der Waals surface area contributed by atoms with Gasteiger partial charge in [-0.15, -0.1) is 22.7 Å². The Kier molecular flexibility index (Phi) is 7.27. The first-order valence-electron chi connectivity index (χ1n) is 9.89. The SMILES string of the molecule is COc1cc(/C=C(\C#N)c2nc(-c3ccc(F)cc3)cs2)ccc1OCC(=O)Nc1nccs1. The molecule has 0 spiro atoms. The second-order valence-electron chi connectivity index (χ2n) is 6.80. The van der Waals surface area contributed by atoms with Gasteiger partial charge in [0.2, 0.25) is 0 Å². The molecule has 2 aromatic heterocycles. The zero-order valence-electron chi connectivity index (χ0n) is 17.8. The molecule has 34 heavy (non-hydrogen) atoms. The molecule has 0 aliphatic rings. The average molecular weight is 493 g/mol. The van der Waals surface area contributed by atoms with Crippen molar-refractivity contribution >= 4 is 45.4 Å². The van der Waals surface area contributed by atoms with Crippen LogP contribution < -0.4 is 14.8 Å². The highest BCUT2D eigenvalue weighted by molar-refractivity contribution is 7.13. The molecule has 0 aliphatic heterocycles. The third-order valence-electron chi connectivity index (χ3n) is 4.53. The van der Waals surface area contributed by atoms with Crippen LogP contribution in [0.5, 0.6) is 11.5 Å². The van der Waals surface area contributed by atoms with Gasteiger partial charge >= 0.3 is 0 Å². The fraction of sp³-hybridized carbons (Fsp3) is 0.0833. The van der Waals surface area contributed by atoms with Crippen molar-refractivity contribution in [3.8, 4) is 28.8 Å². The lowest BCUT2D eigenvalue weighted by atomic mass is 10.1. The molecule has 0 fully saturated rings. The number of anilines is 1. The van der Waals surface area contributed by atoms with Gasteiger partial charge in [-0.2, -0.15) is 5.26 Å². The summed E-state index contributed by atoms with van der Waals surface area (Å²) < 4.78 is 24.2. The monoisotopic (exact) mass is 492 g/mol. The molecule has 0 radical (unpaired) electrons. The first-order valence-corrected chi connectivity index (χ1v) is 11.7. The van der Waals surface area contributed by atoms with E-state index in [0.29, 0.717) is 38.5 Å². The van der Waals surface area contributed by atoms with Crippen molar-refractivity contribution in [2.24, 2.45) is 0 Å². The van der Waals surface area contributed by atoms with Crippen LogP contribution >= 0.6 is 22.7 Å². The molecule has 1 N–H and O–H groups in total. The van der Waals surface area contributed by atoms with Crippen molar-refractivity contribution in [3.05, 3.63) is 75.8 Å². The molecular formula is C24H17FN4O3S2. The number of hydrogen-bond acceptors (Lipinski definition) is 8. The summed E-state index contributed by atoms with van der Waals surface area (Å²) >= 11 is 2.64. The summed E-state index contributed by atoms with van der Waals surface area (Å²) in [6.45, 7) is -0.208. The zero-order chi connectivity index (χ0) is 23.9. The molecule has 0 unspecified atom stereocenters. The van der Waals surface area contributed by atoms with Gasteiger partial charge in [0.05, 0.1) is 18.4 Å². The van der Waals surface area contributed by atoms with Crippen LogP contribution in [0.2, 0.25) is 0 Å². The predicted octanol–water partition coefficient (Wildman–Crippen LogP) is 5.50. The first kappa shape index (κ1) is 23.1. The summed E-state index contributed by atoms with van der Waals surface area (Å²) in [7, 11) is 1.49. The summed E-state index contributed by atoms with van der Waals surface area (Å²) in [5, 5.41) is 16.9. The van der Waals surface area contributed by atoms with Gasteiger partial charge in [-0.25, -0.2) is 14.4 Å². The highest BCUT2D eigenvalue weighted by Crippen LogP contribution is 2.31. The Morgan fingerprint density at radius 2 is 2.03 bits per heavy atom. The minimum absolute atomic E-state index is 0.208. The van der Waals surface area contributed by atoms with E-state index in [4.69, 9.17) is 9.47 Å². The molecule has 0 aliphatic carbocycles. The minimum Gasteiger partial charge on any atom is -0.493 e. The van der Waals surface area contributed by atoms with Gasteiger partial charge < -0.3 is 9.47 Å². The van der Waals surface area contributed by atoms with Gasteiger partial charge in [-0.3, -0.25) is 10.1 Å². The number of nitrogens with zero attached hydrogens (tertiary/aromatic N) is 3. The maximum atomic E-state index is 13.2. The van der Waals surface area contributed by atoms with Gasteiger partial charge in [0.25, 0.3) is 5.91 Å². The lowest BCUT2D eigenvalue weighted by Crippen LogP contribution is -2.20. The minimum atomic E-state index is -0.339. The van der Waals surface area contributed by atoms with Gasteiger partial charge in [0, 0.05) is 22.5 Å². The van der Waals surface area contributed by atoms with Gasteiger partial charge in [0.1, 0.15) is 16.9 Å². The molecule has 170 valence electrons. The quantitative estimate of drug-likeness (QED) is 0.327. The summed E-state index contributed by atoms with van der Waals surface area (Å²) in [5.74, 6) is 0.145. The molecule has 0 saturated carbocycles. The van der Waals surface area contributed by atoms with E-state index < -0.39 is 0 Å². The molecule has 4 rings (SSSR count). The first-order chi connectivity index (χ1) is 16.6. The Bertz CT molecular complexity index is 1360. The fourth-order valence-electron chi connectivity index (χ4n) is 2.94. The molecule has 10 heteroatoms. The molecular weight excluding hydrogens is 475 g/mol. The van der Waals surface area contributed by atoms with Crippen LogP contribution in [0.4, 0.5) is 9.52 Å². The second-order valence-corrected chi connectivity index (χ2v) is 8.55. The number of aromatic nitrogens is 2. The molecule has 7 nitrogen and oxygen atoms in total. The van der Waals surface area contributed by atoms with E-state index in [1.807, 2.05) is 5.38 Å². The number of hydrogen-bond donors (Lipinski definition) is 1. The Morgan fingerprint density at radius 3 is 2.74 bits per heavy atom. The van der Waals surface area contributed by atoms with Crippen molar-refractivity contribution in [3.63, 3.8) is 0 Å². The normalized spacial score (nSPS) is 11.0. The van der Waals surface area contributed by atoms with E-state index in [1.54, 1.807) is 48.0 Å². The lowest BCUT2D eigenvalue weighted by molar-refractivity contribution is -0.118. The number of benzene rings is 2. The topological polar surface area (TPSA) is 97.1 Å². The number of amides is 1. The molecule has 1 amide bonds. The van der Waals surface area contributed by atoms with Crippen LogP contribution in [-0.4, -0.2) is 29.6 Å². The highest BCUT2D eigenvalue weighted by Gasteiger charge is 2.12. The van der Waals surface area contributed by atoms with Crippen LogP contribution in [0.25, 0.3) is 22.9 Å². The van der Waals surface area contributed by atoms with Crippen LogP contribution in [0, 0.1) is 17.1 Å². The summed E-state index contributed by atoms with van der Waals surface area (Å²) in [5.41, 5.74) is 2.50. The summed E-state index contributed by atoms with van der Waals surface area (Å²) in [4.78, 5) is 20.5. The Morgan fingerprint density at radius 1 is 1.21 bits per heavy atom. The zero-order valence-corrected chi connectivity index (χ0v) is 19.5. The number of nitrogens with one attached hydrogen (secondary N) is 1. The van der Waals surface area contributed by atoms with E-state index in [1.165, 1.54) is 41.9 Å². The molecule has 2 aromatic carbocycles. The highest BCUT2D eigenvalue weighted by atomic mass is 32.1. The Hall–Kier alpha value is -4.07. The Labute approximate surface area is 202 Å². The van der Waals surface area contributed by atoms with Crippen molar-refractivity contribution in [1.29, 1.82) is 5.26 Å². The van der Waals surface area contributed by atoms with E-state index in [2.05, 4.69) is 21.4 Å². The summed E-state index contributed by atoms with van der Waals surface area (Å²) in [6.07, 6.45) is 3.29. The number of thiazole rings is 2. The largest absolute Gasteiger partial charge is 0.493 e. The molecule has 0 saturated heterocycles. The van der Waals surface area contributed by atoms with E-state index in [9.17, 15) is 14.4 Å². The number of halogens is 1. The van der Waals surface area contributed by atoms with Crippen molar-refractivity contribution in [2.45, 2.75) is 0 Å². The number of nitriles is 1. The number of carbonyl (C=O) groups is 1. The van der Waals surface area contributed by atoms with Crippen LogP contribution in [-0.2, 0) is 4.79 Å². The van der Waals surface area contributed by atoms with Crippen molar-refractivity contribution in [2.75, 3.05) is 19.0 Å². The van der Waals surface area contributed by atoms with Crippen molar-refractivity contribution < 1.29 is 18.7 Å². The number of allylic oxidation sites excluding steroid dienone is 1. The smallest absolute Gasteiger partial charge is 0.264 e. The molecule has 2 heterocycles.